The van der Waals surface area contributed by atoms with Gasteiger partial charge < -0.3 is 15.3 Å². The van der Waals surface area contributed by atoms with Gasteiger partial charge in [0.2, 0.25) is 0 Å². The summed E-state index contributed by atoms with van der Waals surface area (Å²) in [7, 11) is 1.76. The Morgan fingerprint density at radius 2 is 2.15 bits per heavy atom. The monoisotopic (exact) mass is 276 g/mol. The minimum atomic E-state index is -0.365. The first-order chi connectivity index (χ1) is 9.58. The van der Waals surface area contributed by atoms with Crippen molar-refractivity contribution in [3.05, 3.63) is 35.9 Å². The van der Waals surface area contributed by atoms with Crippen molar-refractivity contribution in [3.8, 4) is 0 Å². The van der Waals surface area contributed by atoms with Crippen LogP contribution in [-0.4, -0.2) is 42.3 Å². The van der Waals surface area contributed by atoms with E-state index in [0.29, 0.717) is 24.8 Å². The average molecular weight is 276 g/mol. The van der Waals surface area contributed by atoms with Crippen molar-refractivity contribution in [1.29, 1.82) is 0 Å². The molecule has 4 nitrogen and oxygen atoms in total. The second-order valence-corrected chi connectivity index (χ2v) is 5.76. The van der Waals surface area contributed by atoms with Gasteiger partial charge in [-0.15, -0.1) is 0 Å². The molecule has 20 heavy (non-hydrogen) atoms. The van der Waals surface area contributed by atoms with E-state index in [9.17, 15) is 9.90 Å². The molecule has 0 spiro atoms. The van der Waals surface area contributed by atoms with Gasteiger partial charge in [-0.25, -0.2) is 4.79 Å². The molecule has 2 amide bonds. The first-order valence-electron chi connectivity index (χ1n) is 7.30. The minimum absolute atomic E-state index is 0.0515. The number of aliphatic hydroxyl groups excluding tert-OH is 1. The summed E-state index contributed by atoms with van der Waals surface area (Å²) in [5.41, 5.74) is 1.37. The van der Waals surface area contributed by atoms with Crippen LogP contribution in [0.4, 0.5) is 4.79 Å². The Hall–Kier alpha value is -1.55. The fraction of sp³-hybridized carbons (Fsp3) is 0.562. The van der Waals surface area contributed by atoms with Gasteiger partial charge in [-0.05, 0) is 37.2 Å². The number of rotatable bonds is 6. The lowest BCUT2D eigenvalue weighted by Crippen LogP contribution is -2.39. The molecule has 2 rings (SSSR count). The molecule has 0 aromatic heterocycles. The summed E-state index contributed by atoms with van der Waals surface area (Å²) >= 11 is 0. The predicted octanol–water partition coefficient (Wildman–Crippen LogP) is 2.20. The number of nitrogens with one attached hydrogen (secondary N) is 1. The van der Waals surface area contributed by atoms with Crippen LogP contribution in [0.5, 0.6) is 0 Å². The molecule has 1 fully saturated rings. The van der Waals surface area contributed by atoms with Crippen LogP contribution >= 0.6 is 0 Å². The number of urea groups is 1. The molecule has 0 aliphatic heterocycles. The van der Waals surface area contributed by atoms with E-state index in [2.05, 4.69) is 29.6 Å². The van der Waals surface area contributed by atoms with Crippen molar-refractivity contribution >= 4 is 6.03 Å². The SMILES string of the molecule is CC(O)CCN(C)C(=O)NCC1CC1c1ccccc1. The van der Waals surface area contributed by atoms with Crippen molar-refractivity contribution in [2.45, 2.75) is 31.8 Å². The highest BCUT2D eigenvalue weighted by molar-refractivity contribution is 5.73. The summed E-state index contributed by atoms with van der Waals surface area (Å²) in [6, 6.07) is 10.4. The molecule has 3 atom stereocenters. The largest absolute Gasteiger partial charge is 0.393 e. The van der Waals surface area contributed by atoms with Gasteiger partial charge in [0.25, 0.3) is 0 Å². The Morgan fingerprint density at radius 1 is 1.45 bits per heavy atom. The van der Waals surface area contributed by atoms with Crippen LogP contribution in [0.3, 0.4) is 0 Å². The Bertz CT molecular complexity index is 433. The van der Waals surface area contributed by atoms with E-state index in [1.165, 1.54) is 5.56 Å². The zero-order valence-electron chi connectivity index (χ0n) is 12.2. The average Bonchev–Trinajstić information content (AvgIpc) is 3.22. The molecule has 3 unspecified atom stereocenters. The first-order valence-corrected chi connectivity index (χ1v) is 7.30. The molecule has 1 aliphatic carbocycles. The molecular formula is C16H24N2O2. The van der Waals surface area contributed by atoms with Crippen molar-refractivity contribution in [1.82, 2.24) is 10.2 Å². The van der Waals surface area contributed by atoms with Crippen LogP contribution in [0.1, 0.15) is 31.2 Å². The highest BCUT2D eigenvalue weighted by Crippen LogP contribution is 2.46. The van der Waals surface area contributed by atoms with Crippen LogP contribution in [-0.2, 0) is 0 Å². The Morgan fingerprint density at radius 3 is 2.80 bits per heavy atom. The highest BCUT2D eigenvalue weighted by Gasteiger charge is 2.38. The molecule has 0 radical (unpaired) electrons. The van der Waals surface area contributed by atoms with Gasteiger partial charge in [0, 0.05) is 20.1 Å². The lowest BCUT2D eigenvalue weighted by atomic mass is 10.1. The van der Waals surface area contributed by atoms with E-state index in [1.807, 2.05) is 6.07 Å². The molecule has 4 heteroatoms. The molecule has 2 N–H and O–H groups in total. The third kappa shape index (κ3) is 4.23. The van der Waals surface area contributed by atoms with Crippen LogP contribution in [0.15, 0.2) is 30.3 Å². The fourth-order valence-electron chi connectivity index (χ4n) is 2.42. The zero-order chi connectivity index (χ0) is 14.5. The molecular weight excluding hydrogens is 252 g/mol. The molecule has 0 saturated heterocycles. The van der Waals surface area contributed by atoms with E-state index in [0.717, 1.165) is 13.0 Å². The van der Waals surface area contributed by atoms with Gasteiger partial charge in [0.15, 0.2) is 0 Å². The standard InChI is InChI=1S/C16H24N2O2/c1-12(19)8-9-18(2)16(20)17-11-14-10-15(14)13-6-4-3-5-7-13/h3-7,12,14-15,19H,8-11H2,1-2H3,(H,17,20). The molecule has 1 aromatic carbocycles. The summed E-state index contributed by atoms with van der Waals surface area (Å²) in [5, 5.41) is 12.2. The smallest absolute Gasteiger partial charge is 0.317 e. The molecule has 1 saturated carbocycles. The number of hydrogen-bond donors (Lipinski definition) is 2. The molecule has 0 heterocycles. The lowest BCUT2D eigenvalue weighted by Gasteiger charge is -2.18. The quantitative estimate of drug-likeness (QED) is 0.837. The van der Waals surface area contributed by atoms with Crippen LogP contribution in [0, 0.1) is 5.92 Å². The number of benzene rings is 1. The maximum absolute atomic E-state index is 11.9. The summed E-state index contributed by atoms with van der Waals surface area (Å²) in [4.78, 5) is 13.5. The minimum Gasteiger partial charge on any atom is -0.393 e. The Kier molecular flexibility index (Phi) is 5.01. The fourth-order valence-corrected chi connectivity index (χ4v) is 2.42. The zero-order valence-corrected chi connectivity index (χ0v) is 12.2. The summed E-state index contributed by atoms with van der Waals surface area (Å²) in [5.74, 6) is 1.16. The maximum Gasteiger partial charge on any atom is 0.317 e. The van der Waals surface area contributed by atoms with Crippen LogP contribution in [0.25, 0.3) is 0 Å². The van der Waals surface area contributed by atoms with Gasteiger partial charge in [-0.3, -0.25) is 0 Å². The van der Waals surface area contributed by atoms with Crippen molar-refractivity contribution < 1.29 is 9.90 Å². The highest BCUT2D eigenvalue weighted by atomic mass is 16.3. The number of carbonyl (C=O) groups excluding carboxylic acids is 1. The van der Waals surface area contributed by atoms with E-state index in [4.69, 9.17) is 0 Å². The second kappa shape index (κ2) is 6.75. The molecule has 1 aliphatic rings. The number of aliphatic hydroxyl groups is 1. The van der Waals surface area contributed by atoms with E-state index in [-0.39, 0.29) is 12.1 Å². The van der Waals surface area contributed by atoms with Crippen molar-refractivity contribution in [2.75, 3.05) is 20.1 Å². The maximum atomic E-state index is 11.9. The summed E-state index contributed by atoms with van der Waals surface area (Å²) in [6.07, 6.45) is 1.40. The van der Waals surface area contributed by atoms with E-state index < -0.39 is 0 Å². The third-order valence-electron chi connectivity index (χ3n) is 3.89. The molecule has 0 bridgehead atoms. The van der Waals surface area contributed by atoms with Gasteiger partial charge in [-0.2, -0.15) is 0 Å². The van der Waals surface area contributed by atoms with Gasteiger partial charge >= 0.3 is 6.03 Å². The van der Waals surface area contributed by atoms with Gasteiger partial charge in [-0.1, -0.05) is 30.3 Å². The molecule has 110 valence electrons. The van der Waals surface area contributed by atoms with E-state index in [1.54, 1.807) is 18.9 Å². The van der Waals surface area contributed by atoms with Gasteiger partial charge in [0.05, 0.1) is 6.10 Å². The second-order valence-electron chi connectivity index (χ2n) is 5.76. The Labute approximate surface area is 120 Å². The number of amides is 2. The van der Waals surface area contributed by atoms with E-state index >= 15 is 0 Å². The third-order valence-corrected chi connectivity index (χ3v) is 3.89. The van der Waals surface area contributed by atoms with Crippen molar-refractivity contribution in [3.63, 3.8) is 0 Å². The normalized spacial score (nSPS) is 22.1. The first kappa shape index (κ1) is 14.9. The number of nitrogens with zero attached hydrogens (tertiary/aromatic N) is 1. The summed E-state index contributed by atoms with van der Waals surface area (Å²) < 4.78 is 0. The van der Waals surface area contributed by atoms with Crippen LogP contribution < -0.4 is 5.32 Å². The predicted molar refractivity (Wildman–Crippen MR) is 79.6 cm³/mol. The topological polar surface area (TPSA) is 52.6 Å². The van der Waals surface area contributed by atoms with Gasteiger partial charge in [0.1, 0.15) is 0 Å². The summed E-state index contributed by atoms with van der Waals surface area (Å²) in [6.45, 7) is 3.05. The Balaban J connectivity index is 1.68. The van der Waals surface area contributed by atoms with Crippen molar-refractivity contribution in [2.24, 2.45) is 5.92 Å². The number of hydrogen-bond acceptors (Lipinski definition) is 2. The number of carbonyl (C=O) groups is 1. The lowest BCUT2D eigenvalue weighted by molar-refractivity contribution is 0.163. The van der Waals surface area contributed by atoms with Crippen LogP contribution in [0.2, 0.25) is 0 Å². The molecule has 1 aromatic rings.